The fourth-order valence-corrected chi connectivity index (χ4v) is 5.32. The van der Waals surface area contributed by atoms with Crippen LogP contribution >= 0.6 is 0 Å². The molecule has 44 heavy (non-hydrogen) atoms. The Morgan fingerprint density at radius 2 is 1.57 bits per heavy atom. The number of fused-ring (bicyclic) bond motifs is 1. The number of hydrogen-bond donors (Lipinski definition) is 4. The fourth-order valence-electron chi connectivity index (χ4n) is 4.81. The second kappa shape index (κ2) is 12.5. The molecule has 0 spiro atoms. The highest BCUT2D eigenvalue weighted by Gasteiger charge is 2.22. The van der Waals surface area contributed by atoms with Gasteiger partial charge in [0.2, 0.25) is 10.0 Å². The highest BCUT2D eigenvalue weighted by Crippen LogP contribution is 2.28. The highest BCUT2D eigenvalue weighted by molar-refractivity contribution is 7.89. The Morgan fingerprint density at radius 3 is 2.18 bits per heavy atom. The monoisotopic (exact) mass is 620 g/mol. The lowest BCUT2D eigenvalue weighted by atomic mass is 10.2. The van der Waals surface area contributed by atoms with Crippen molar-refractivity contribution in [3.63, 3.8) is 0 Å². The summed E-state index contributed by atoms with van der Waals surface area (Å²) in [6.07, 6.45) is 1.13. The quantitative estimate of drug-likeness (QED) is 0.222. The maximum atomic E-state index is 12.9. The molecular weight excluding hydrogens is 584 g/mol. The molecule has 0 saturated carbocycles. The van der Waals surface area contributed by atoms with E-state index in [4.69, 9.17) is 14.6 Å². The summed E-state index contributed by atoms with van der Waals surface area (Å²) in [5, 5.41) is 11.9. The number of H-pyrrole nitrogens is 1. The van der Waals surface area contributed by atoms with Gasteiger partial charge >= 0.3 is 6.09 Å². The summed E-state index contributed by atoms with van der Waals surface area (Å²) >= 11 is 0. The SMILES string of the molecule is CC(C)(C)OC(=O)Nc1c[nH]c2ccc(OCC(=O)N3CCN(c4ccc(Nc5ccc(S(N)(=O)=O)cc5)cc4)CC3)cc12. The van der Waals surface area contributed by atoms with Crippen LogP contribution in [0, 0.1) is 0 Å². The summed E-state index contributed by atoms with van der Waals surface area (Å²) < 4.78 is 34.1. The van der Waals surface area contributed by atoms with Gasteiger partial charge in [-0.25, -0.2) is 18.4 Å². The molecule has 5 rings (SSSR count). The molecule has 13 heteroatoms. The first-order valence-electron chi connectivity index (χ1n) is 14.1. The van der Waals surface area contributed by atoms with Gasteiger partial charge in [0.25, 0.3) is 5.91 Å². The van der Waals surface area contributed by atoms with Gasteiger partial charge < -0.3 is 29.6 Å². The molecular formula is C31H36N6O6S. The maximum Gasteiger partial charge on any atom is 0.412 e. The van der Waals surface area contributed by atoms with Gasteiger partial charge in [-0.05, 0) is 87.5 Å². The molecule has 3 aromatic carbocycles. The normalized spacial score (nSPS) is 13.9. The number of carbonyl (C=O) groups excluding carboxylic acids is 2. The van der Waals surface area contributed by atoms with Crippen LogP contribution in [0.25, 0.3) is 10.9 Å². The van der Waals surface area contributed by atoms with Crippen molar-refractivity contribution >= 4 is 55.7 Å². The topological polar surface area (TPSA) is 159 Å². The van der Waals surface area contributed by atoms with E-state index >= 15 is 0 Å². The molecule has 1 aliphatic heterocycles. The number of nitrogens with zero attached hydrogens (tertiary/aromatic N) is 2. The lowest BCUT2D eigenvalue weighted by Gasteiger charge is -2.36. The smallest absolute Gasteiger partial charge is 0.412 e. The lowest BCUT2D eigenvalue weighted by Crippen LogP contribution is -2.50. The number of ether oxygens (including phenoxy) is 2. The number of amides is 2. The number of carbonyl (C=O) groups is 2. The van der Waals surface area contributed by atoms with Crippen molar-refractivity contribution in [1.29, 1.82) is 0 Å². The number of nitrogens with two attached hydrogens (primary N) is 1. The van der Waals surface area contributed by atoms with E-state index in [-0.39, 0.29) is 17.4 Å². The first-order chi connectivity index (χ1) is 20.8. The van der Waals surface area contributed by atoms with Gasteiger partial charge in [-0.3, -0.25) is 10.1 Å². The van der Waals surface area contributed by atoms with Gasteiger partial charge in [-0.1, -0.05) is 0 Å². The molecule has 0 aliphatic carbocycles. The minimum Gasteiger partial charge on any atom is -0.484 e. The molecule has 0 bridgehead atoms. The Morgan fingerprint density at radius 1 is 0.932 bits per heavy atom. The number of benzene rings is 3. The van der Waals surface area contributed by atoms with Crippen molar-refractivity contribution in [1.82, 2.24) is 9.88 Å². The Bertz CT molecular complexity index is 1740. The number of primary sulfonamides is 1. The van der Waals surface area contributed by atoms with E-state index in [1.54, 1.807) is 56.1 Å². The predicted octanol–water partition coefficient (Wildman–Crippen LogP) is 4.63. The third-order valence-corrected chi connectivity index (χ3v) is 7.92. The average molecular weight is 621 g/mol. The minimum absolute atomic E-state index is 0.0593. The van der Waals surface area contributed by atoms with E-state index in [9.17, 15) is 18.0 Å². The molecule has 0 radical (unpaired) electrons. The Balaban J connectivity index is 1.10. The molecule has 2 heterocycles. The summed E-state index contributed by atoms with van der Waals surface area (Å²) in [5.74, 6) is 0.421. The number of nitrogens with one attached hydrogen (secondary N) is 3. The molecule has 2 amide bonds. The number of aromatic amines is 1. The van der Waals surface area contributed by atoms with Crippen LogP contribution in [-0.4, -0.2) is 68.7 Å². The van der Waals surface area contributed by atoms with Crippen LogP contribution in [0.3, 0.4) is 0 Å². The summed E-state index contributed by atoms with van der Waals surface area (Å²) in [7, 11) is -3.73. The van der Waals surface area contributed by atoms with Crippen LogP contribution in [0.2, 0.25) is 0 Å². The van der Waals surface area contributed by atoms with E-state index < -0.39 is 21.7 Å². The Hall–Kier alpha value is -4.75. The lowest BCUT2D eigenvalue weighted by molar-refractivity contribution is -0.133. The summed E-state index contributed by atoms with van der Waals surface area (Å²) in [4.78, 5) is 32.3. The van der Waals surface area contributed by atoms with E-state index in [0.29, 0.717) is 37.6 Å². The van der Waals surface area contributed by atoms with Crippen molar-refractivity contribution in [3.05, 3.63) is 72.9 Å². The number of rotatable bonds is 8. The van der Waals surface area contributed by atoms with Crippen LogP contribution in [-0.2, 0) is 19.6 Å². The van der Waals surface area contributed by atoms with Gasteiger partial charge in [0.1, 0.15) is 11.4 Å². The van der Waals surface area contributed by atoms with Gasteiger partial charge in [0.05, 0.1) is 10.6 Å². The second-order valence-electron chi connectivity index (χ2n) is 11.4. The molecule has 5 N–H and O–H groups in total. The van der Waals surface area contributed by atoms with Crippen LogP contribution in [0.15, 0.2) is 77.8 Å². The van der Waals surface area contributed by atoms with Crippen molar-refractivity contribution in [2.45, 2.75) is 31.3 Å². The molecule has 232 valence electrons. The third kappa shape index (κ3) is 7.79. The van der Waals surface area contributed by atoms with E-state index in [0.717, 1.165) is 28.0 Å². The van der Waals surface area contributed by atoms with Gasteiger partial charge in [0.15, 0.2) is 6.61 Å². The van der Waals surface area contributed by atoms with Crippen LogP contribution < -0.4 is 25.4 Å². The number of aromatic nitrogens is 1. The summed E-state index contributed by atoms with van der Waals surface area (Å²) in [6, 6.07) is 19.5. The zero-order valence-electron chi connectivity index (χ0n) is 24.8. The Kier molecular flexibility index (Phi) is 8.70. The number of anilines is 4. The molecule has 1 aromatic heterocycles. The fraction of sp³-hybridized carbons (Fsp3) is 0.290. The average Bonchev–Trinajstić information content (AvgIpc) is 3.37. The van der Waals surface area contributed by atoms with Crippen LogP contribution in [0.5, 0.6) is 5.75 Å². The highest BCUT2D eigenvalue weighted by atomic mass is 32.2. The molecule has 4 aromatic rings. The van der Waals surface area contributed by atoms with Gasteiger partial charge in [0, 0.05) is 60.3 Å². The Labute approximate surface area is 256 Å². The third-order valence-electron chi connectivity index (χ3n) is 6.99. The number of hydrogen-bond acceptors (Lipinski definition) is 8. The van der Waals surface area contributed by atoms with Crippen molar-refractivity contribution in [2.75, 3.05) is 48.3 Å². The summed E-state index contributed by atoms with van der Waals surface area (Å²) in [5.41, 5.74) is 3.39. The van der Waals surface area contributed by atoms with Crippen LogP contribution in [0.4, 0.5) is 27.5 Å². The molecule has 1 fully saturated rings. The molecule has 12 nitrogen and oxygen atoms in total. The van der Waals surface area contributed by atoms with Crippen molar-refractivity contribution in [2.24, 2.45) is 5.14 Å². The standard InChI is InChI=1S/C31H36N6O6S/c1-31(2,3)43-30(39)35-28-19-33-27-13-10-24(18-26(27)28)42-20-29(38)37-16-14-36(15-17-37)23-8-4-21(5-9-23)34-22-6-11-25(12-7-22)44(32,40)41/h4-13,18-19,33-34H,14-17,20H2,1-3H3,(H,35,39)(H2,32,40,41). The van der Waals surface area contributed by atoms with E-state index in [1.165, 1.54) is 12.1 Å². The van der Waals surface area contributed by atoms with Crippen molar-refractivity contribution < 1.29 is 27.5 Å². The van der Waals surface area contributed by atoms with Gasteiger partial charge in [-0.15, -0.1) is 0 Å². The first kappa shape index (κ1) is 30.7. The van der Waals surface area contributed by atoms with Crippen molar-refractivity contribution in [3.8, 4) is 5.75 Å². The molecule has 1 saturated heterocycles. The number of piperazine rings is 1. The van der Waals surface area contributed by atoms with E-state index in [2.05, 4.69) is 20.5 Å². The zero-order valence-corrected chi connectivity index (χ0v) is 25.6. The predicted molar refractivity (Wildman–Crippen MR) is 170 cm³/mol. The first-order valence-corrected chi connectivity index (χ1v) is 15.7. The zero-order chi connectivity index (χ0) is 31.5. The largest absolute Gasteiger partial charge is 0.484 e. The molecule has 0 atom stereocenters. The number of sulfonamides is 1. The van der Waals surface area contributed by atoms with Crippen LogP contribution in [0.1, 0.15) is 20.8 Å². The summed E-state index contributed by atoms with van der Waals surface area (Å²) in [6.45, 7) is 7.80. The van der Waals surface area contributed by atoms with E-state index in [1.807, 2.05) is 30.3 Å². The molecule has 0 unspecified atom stereocenters. The minimum atomic E-state index is -3.73. The van der Waals surface area contributed by atoms with Gasteiger partial charge in [-0.2, -0.15) is 0 Å². The maximum absolute atomic E-state index is 12.9. The second-order valence-corrected chi connectivity index (χ2v) is 13.0. The molecule has 1 aliphatic rings.